The van der Waals surface area contributed by atoms with Crippen LogP contribution >= 0.6 is 11.3 Å². The zero-order chi connectivity index (χ0) is 22.7. The Morgan fingerprint density at radius 1 is 1.19 bits per heavy atom. The maximum absolute atomic E-state index is 13.1. The first-order valence-electron chi connectivity index (χ1n) is 10.8. The van der Waals surface area contributed by atoms with Gasteiger partial charge < -0.3 is 15.4 Å². The molecule has 2 N–H and O–H groups in total. The Bertz CT molecular complexity index is 1140. The van der Waals surface area contributed by atoms with Gasteiger partial charge in [-0.15, -0.1) is 11.3 Å². The van der Waals surface area contributed by atoms with Crippen molar-refractivity contribution in [2.45, 2.75) is 52.7 Å². The lowest BCUT2D eigenvalue weighted by molar-refractivity contribution is -0.122. The molecule has 0 spiro atoms. The predicted molar refractivity (Wildman–Crippen MR) is 126 cm³/mol. The van der Waals surface area contributed by atoms with Gasteiger partial charge in [-0.1, -0.05) is 18.2 Å². The molecule has 7 heteroatoms. The van der Waals surface area contributed by atoms with E-state index in [1.165, 1.54) is 16.2 Å². The van der Waals surface area contributed by atoms with Crippen molar-refractivity contribution in [3.05, 3.63) is 75.4 Å². The SMILES string of the molecule is Cc1cccc(OC(C)C(=O)Nc2sc3c(c2C(=O)NCc2cccnc2)CCC3)c1C. The van der Waals surface area contributed by atoms with E-state index >= 15 is 0 Å². The van der Waals surface area contributed by atoms with Gasteiger partial charge in [0.15, 0.2) is 6.10 Å². The van der Waals surface area contributed by atoms with Crippen LogP contribution in [0.25, 0.3) is 0 Å². The van der Waals surface area contributed by atoms with E-state index in [9.17, 15) is 9.59 Å². The number of hydrogen-bond donors (Lipinski definition) is 2. The summed E-state index contributed by atoms with van der Waals surface area (Å²) in [6, 6.07) is 9.55. The smallest absolute Gasteiger partial charge is 0.265 e. The van der Waals surface area contributed by atoms with Gasteiger partial charge in [0.25, 0.3) is 11.8 Å². The van der Waals surface area contributed by atoms with Crippen molar-refractivity contribution in [2.24, 2.45) is 0 Å². The molecule has 2 aromatic heterocycles. The van der Waals surface area contributed by atoms with Crippen LogP contribution in [0.1, 0.15) is 50.8 Å². The molecule has 2 heterocycles. The Kier molecular flexibility index (Phi) is 6.55. The Morgan fingerprint density at radius 2 is 2.03 bits per heavy atom. The summed E-state index contributed by atoms with van der Waals surface area (Å²) in [6.45, 7) is 6.09. The Balaban J connectivity index is 1.49. The number of aromatic nitrogens is 1. The van der Waals surface area contributed by atoms with Gasteiger partial charge in [0.2, 0.25) is 0 Å². The molecule has 6 nitrogen and oxygen atoms in total. The van der Waals surface area contributed by atoms with Gasteiger partial charge in [-0.25, -0.2) is 0 Å². The number of thiophene rings is 1. The van der Waals surface area contributed by atoms with E-state index in [1.807, 2.05) is 44.2 Å². The largest absolute Gasteiger partial charge is 0.481 e. The molecule has 0 saturated carbocycles. The van der Waals surface area contributed by atoms with Crippen LogP contribution in [0.3, 0.4) is 0 Å². The van der Waals surface area contributed by atoms with Gasteiger partial charge >= 0.3 is 0 Å². The molecule has 0 bridgehead atoms. The first kappa shape index (κ1) is 22.0. The molecule has 1 aromatic carbocycles. The molecule has 1 atom stereocenters. The lowest BCUT2D eigenvalue weighted by Crippen LogP contribution is -2.31. The molecule has 0 saturated heterocycles. The normalized spacial score (nSPS) is 13.3. The number of nitrogens with zero attached hydrogens (tertiary/aromatic N) is 1. The lowest BCUT2D eigenvalue weighted by atomic mass is 10.1. The second-order valence-corrected chi connectivity index (χ2v) is 9.16. The maximum atomic E-state index is 13.1. The number of amides is 2. The van der Waals surface area contributed by atoms with Gasteiger partial charge in [0.05, 0.1) is 5.56 Å². The Morgan fingerprint density at radius 3 is 2.81 bits per heavy atom. The number of aryl methyl sites for hydroxylation is 2. The maximum Gasteiger partial charge on any atom is 0.265 e. The minimum absolute atomic E-state index is 0.174. The summed E-state index contributed by atoms with van der Waals surface area (Å²) in [4.78, 5) is 31.3. The van der Waals surface area contributed by atoms with E-state index in [0.29, 0.717) is 22.9 Å². The lowest BCUT2D eigenvalue weighted by Gasteiger charge is -2.17. The zero-order valence-electron chi connectivity index (χ0n) is 18.5. The molecule has 1 aliphatic rings. The first-order chi connectivity index (χ1) is 15.4. The molecule has 32 heavy (non-hydrogen) atoms. The van der Waals surface area contributed by atoms with Crippen LogP contribution < -0.4 is 15.4 Å². The summed E-state index contributed by atoms with van der Waals surface area (Å²) < 4.78 is 5.93. The van der Waals surface area contributed by atoms with Crippen molar-refractivity contribution in [3.63, 3.8) is 0 Å². The van der Waals surface area contributed by atoms with Crippen molar-refractivity contribution >= 4 is 28.2 Å². The second kappa shape index (κ2) is 9.53. The third-order valence-electron chi connectivity index (χ3n) is 5.79. The van der Waals surface area contributed by atoms with Crippen LogP contribution in [-0.4, -0.2) is 22.9 Å². The van der Waals surface area contributed by atoms with E-state index in [-0.39, 0.29) is 11.8 Å². The van der Waals surface area contributed by atoms with Crippen LogP contribution in [-0.2, 0) is 24.2 Å². The molecule has 166 valence electrons. The van der Waals surface area contributed by atoms with E-state index in [2.05, 4.69) is 15.6 Å². The quantitative estimate of drug-likeness (QED) is 0.553. The van der Waals surface area contributed by atoms with E-state index in [1.54, 1.807) is 19.3 Å². The molecule has 2 amide bonds. The zero-order valence-corrected chi connectivity index (χ0v) is 19.3. The molecule has 1 unspecified atom stereocenters. The monoisotopic (exact) mass is 449 g/mol. The van der Waals surface area contributed by atoms with Crippen LogP contribution in [0.5, 0.6) is 5.75 Å². The number of rotatable bonds is 7. The fourth-order valence-electron chi connectivity index (χ4n) is 3.82. The Hall–Kier alpha value is -3.19. The summed E-state index contributed by atoms with van der Waals surface area (Å²) in [5.41, 5.74) is 4.68. The molecule has 0 radical (unpaired) electrons. The minimum atomic E-state index is -0.696. The number of nitrogens with one attached hydrogen (secondary N) is 2. The standard InChI is InChI=1S/C25H27N3O3S/c1-15-7-4-10-20(16(15)2)31-17(3)23(29)28-25-22(19-9-5-11-21(19)32-25)24(30)27-14-18-8-6-12-26-13-18/h4,6-8,10,12-13,17H,5,9,11,14H2,1-3H3,(H,27,30)(H,28,29). The summed E-state index contributed by atoms with van der Waals surface area (Å²) in [5, 5.41) is 6.52. The Labute approximate surface area is 192 Å². The van der Waals surface area contributed by atoms with Gasteiger partial charge in [-0.3, -0.25) is 14.6 Å². The summed E-state index contributed by atoms with van der Waals surface area (Å²) in [7, 11) is 0. The van der Waals surface area contributed by atoms with Crippen molar-refractivity contribution in [1.82, 2.24) is 10.3 Å². The molecule has 0 aliphatic heterocycles. The second-order valence-electron chi connectivity index (χ2n) is 8.05. The highest BCUT2D eigenvalue weighted by Gasteiger charge is 2.28. The van der Waals surface area contributed by atoms with Crippen molar-refractivity contribution < 1.29 is 14.3 Å². The number of pyridine rings is 1. The number of carbonyl (C=O) groups excluding carboxylic acids is 2. The molecule has 4 rings (SSSR count). The van der Waals surface area contributed by atoms with Gasteiger partial charge in [0, 0.05) is 23.8 Å². The van der Waals surface area contributed by atoms with Crippen LogP contribution in [0.4, 0.5) is 5.00 Å². The summed E-state index contributed by atoms with van der Waals surface area (Å²) >= 11 is 1.50. The van der Waals surface area contributed by atoms with E-state index < -0.39 is 6.10 Å². The third kappa shape index (κ3) is 4.67. The number of hydrogen-bond acceptors (Lipinski definition) is 5. The fraction of sp³-hybridized carbons (Fsp3) is 0.320. The van der Waals surface area contributed by atoms with Crippen LogP contribution in [0.15, 0.2) is 42.7 Å². The topological polar surface area (TPSA) is 80.3 Å². The molecule has 1 aliphatic carbocycles. The van der Waals surface area contributed by atoms with Crippen LogP contribution in [0, 0.1) is 13.8 Å². The average molecular weight is 450 g/mol. The van der Waals surface area contributed by atoms with Gasteiger partial charge in [0.1, 0.15) is 10.8 Å². The molecule has 0 fully saturated rings. The molecule has 3 aromatic rings. The first-order valence-corrected chi connectivity index (χ1v) is 11.6. The summed E-state index contributed by atoms with van der Waals surface area (Å²) in [5.74, 6) is 0.245. The van der Waals surface area contributed by atoms with Crippen molar-refractivity contribution in [1.29, 1.82) is 0 Å². The number of carbonyl (C=O) groups is 2. The van der Waals surface area contributed by atoms with Crippen molar-refractivity contribution in [3.8, 4) is 5.75 Å². The van der Waals surface area contributed by atoms with E-state index in [0.717, 1.165) is 41.5 Å². The number of benzene rings is 1. The summed E-state index contributed by atoms with van der Waals surface area (Å²) in [6.07, 6.45) is 5.56. The fourth-order valence-corrected chi connectivity index (χ4v) is 5.11. The highest BCUT2D eigenvalue weighted by Crippen LogP contribution is 2.39. The van der Waals surface area contributed by atoms with E-state index in [4.69, 9.17) is 4.74 Å². The highest BCUT2D eigenvalue weighted by atomic mass is 32.1. The average Bonchev–Trinajstić information content (AvgIpc) is 3.36. The van der Waals surface area contributed by atoms with Gasteiger partial charge in [-0.2, -0.15) is 0 Å². The van der Waals surface area contributed by atoms with Crippen LogP contribution in [0.2, 0.25) is 0 Å². The molecular formula is C25H27N3O3S. The highest BCUT2D eigenvalue weighted by molar-refractivity contribution is 7.17. The minimum Gasteiger partial charge on any atom is -0.481 e. The third-order valence-corrected chi connectivity index (χ3v) is 7.00. The predicted octanol–water partition coefficient (Wildman–Crippen LogP) is 4.58. The number of fused-ring (bicyclic) bond motifs is 1. The number of ether oxygens (including phenoxy) is 1. The number of anilines is 1. The van der Waals surface area contributed by atoms with Gasteiger partial charge in [-0.05, 0) is 74.4 Å². The van der Waals surface area contributed by atoms with Crippen molar-refractivity contribution in [2.75, 3.05) is 5.32 Å². The molecular weight excluding hydrogens is 422 g/mol.